The molecule has 0 amide bonds. The molecule has 1 aromatic heterocycles. The number of benzene rings is 1. The van der Waals surface area contributed by atoms with Crippen molar-refractivity contribution in [2.75, 3.05) is 13.7 Å². The van der Waals surface area contributed by atoms with Crippen molar-refractivity contribution >= 4 is 11.6 Å². The third kappa shape index (κ3) is 3.64. The topological polar surface area (TPSA) is 90.3 Å². The Morgan fingerprint density at radius 1 is 1.39 bits per heavy atom. The molecule has 0 saturated heterocycles. The summed E-state index contributed by atoms with van der Waals surface area (Å²) < 4.78 is 12.6. The minimum atomic E-state index is -0.635. The molecule has 7 heteroatoms. The van der Waals surface area contributed by atoms with E-state index in [1.165, 1.54) is 0 Å². The van der Waals surface area contributed by atoms with Gasteiger partial charge in [0.05, 0.1) is 18.1 Å². The number of aryl methyl sites for hydroxylation is 1. The summed E-state index contributed by atoms with van der Waals surface area (Å²) in [6.07, 6.45) is 1.59. The zero-order valence-electron chi connectivity index (χ0n) is 15.9. The minimum absolute atomic E-state index is 0.0106. The number of pyridine rings is 1. The Labute approximate surface area is 168 Å². The Bertz CT molecular complexity index is 1020. The molecule has 1 aromatic carbocycles. The molecule has 1 atom stereocenters. The van der Waals surface area contributed by atoms with Crippen molar-refractivity contribution in [1.82, 2.24) is 4.57 Å². The zero-order chi connectivity index (χ0) is 20.3. The number of ether oxygens (including phenoxy) is 2. The lowest BCUT2D eigenvalue weighted by Gasteiger charge is -2.28. The summed E-state index contributed by atoms with van der Waals surface area (Å²) in [5.41, 5.74) is 7.99. The van der Waals surface area contributed by atoms with Gasteiger partial charge in [-0.3, -0.25) is 4.79 Å². The quantitative estimate of drug-likeness (QED) is 0.804. The number of nitrogens with two attached hydrogens (primary N) is 1. The van der Waals surface area contributed by atoms with E-state index < -0.39 is 5.92 Å². The number of methoxy groups -OCH3 is 1. The van der Waals surface area contributed by atoms with Gasteiger partial charge in [-0.1, -0.05) is 37.1 Å². The SMILES string of the molecule is CCCc1cc2c(c(=O)n1CCOC)C(c1cccc(Cl)c1)C(C#N)=C(N)O2. The Kier molecular flexibility index (Phi) is 6.08. The van der Waals surface area contributed by atoms with Crippen LogP contribution in [0.3, 0.4) is 0 Å². The van der Waals surface area contributed by atoms with Crippen molar-refractivity contribution in [3.05, 3.63) is 74.0 Å². The molecule has 2 aromatic rings. The van der Waals surface area contributed by atoms with Crippen LogP contribution in [0.25, 0.3) is 0 Å². The third-order valence-corrected chi connectivity index (χ3v) is 5.01. The number of allylic oxidation sites excluding steroid dienone is 1. The molecular weight excluding hydrogens is 378 g/mol. The van der Waals surface area contributed by atoms with E-state index in [-0.39, 0.29) is 17.0 Å². The van der Waals surface area contributed by atoms with Gasteiger partial charge in [0.15, 0.2) is 0 Å². The van der Waals surface area contributed by atoms with Crippen molar-refractivity contribution in [2.24, 2.45) is 5.73 Å². The van der Waals surface area contributed by atoms with Crippen LogP contribution in [-0.2, 0) is 17.7 Å². The van der Waals surface area contributed by atoms with E-state index in [1.54, 1.807) is 29.9 Å². The van der Waals surface area contributed by atoms with Crippen LogP contribution in [0.1, 0.15) is 36.1 Å². The number of nitriles is 1. The number of halogens is 1. The van der Waals surface area contributed by atoms with Gasteiger partial charge >= 0.3 is 0 Å². The number of nitrogens with zero attached hydrogens (tertiary/aromatic N) is 2. The van der Waals surface area contributed by atoms with E-state index in [1.807, 2.05) is 19.1 Å². The number of rotatable bonds is 6. The van der Waals surface area contributed by atoms with Gasteiger partial charge in [-0.25, -0.2) is 0 Å². The van der Waals surface area contributed by atoms with Crippen LogP contribution in [0.4, 0.5) is 0 Å². The molecule has 2 heterocycles. The normalized spacial score (nSPS) is 15.7. The molecule has 3 rings (SSSR count). The summed E-state index contributed by atoms with van der Waals surface area (Å²) in [6, 6.07) is 11.0. The van der Waals surface area contributed by atoms with Gasteiger partial charge in [-0.05, 0) is 24.1 Å². The molecule has 1 unspecified atom stereocenters. The third-order valence-electron chi connectivity index (χ3n) is 4.78. The summed E-state index contributed by atoms with van der Waals surface area (Å²) >= 11 is 6.16. The summed E-state index contributed by atoms with van der Waals surface area (Å²) in [4.78, 5) is 13.5. The first kappa shape index (κ1) is 20.0. The van der Waals surface area contributed by atoms with Gasteiger partial charge in [-0.2, -0.15) is 5.26 Å². The van der Waals surface area contributed by atoms with Crippen LogP contribution < -0.4 is 16.0 Å². The largest absolute Gasteiger partial charge is 0.440 e. The van der Waals surface area contributed by atoms with Gasteiger partial charge in [0.25, 0.3) is 5.56 Å². The van der Waals surface area contributed by atoms with Gasteiger partial charge in [0.1, 0.15) is 17.4 Å². The second-order valence-electron chi connectivity index (χ2n) is 6.59. The fourth-order valence-electron chi connectivity index (χ4n) is 3.53. The van der Waals surface area contributed by atoms with E-state index in [9.17, 15) is 10.1 Å². The first-order valence-corrected chi connectivity index (χ1v) is 9.48. The van der Waals surface area contributed by atoms with Crippen LogP contribution in [0.15, 0.2) is 46.6 Å². The van der Waals surface area contributed by atoms with Crippen LogP contribution >= 0.6 is 11.6 Å². The molecule has 0 aliphatic carbocycles. The van der Waals surface area contributed by atoms with E-state index in [4.69, 9.17) is 26.8 Å². The zero-order valence-corrected chi connectivity index (χ0v) is 16.6. The molecule has 6 nitrogen and oxygen atoms in total. The molecule has 0 radical (unpaired) electrons. The van der Waals surface area contributed by atoms with Gasteiger partial charge in [0.2, 0.25) is 5.88 Å². The Morgan fingerprint density at radius 3 is 2.82 bits per heavy atom. The van der Waals surface area contributed by atoms with Crippen molar-refractivity contribution < 1.29 is 9.47 Å². The first-order valence-electron chi connectivity index (χ1n) is 9.10. The van der Waals surface area contributed by atoms with Crippen molar-refractivity contribution in [2.45, 2.75) is 32.2 Å². The molecule has 28 heavy (non-hydrogen) atoms. The van der Waals surface area contributed by atoms with Crippen LogP contribution in [-0.4, -0.2) is 18.3 Å². The van der Waals surface area contributed by atoms with Crippen LogP contribution in [0.5, 0.6) is 5.75 Å². The molecule has 0 saturated carbocycles. The van der Waals surface area contributed by atoms with Gasteiger partial charge in [-0.15, -0.1) is 0 Å². The minimum Gasteiger partial charge on any atom is -0.440 e. The second-order valence-corrected chi connectivity index (χ2v) is 7.03. The highest BCUT2D eigenvalue weighted by atomic mass is 35.5. The van der Waals surface area contributed by atoms with E-state index in [0.717, 1.165) is 17.7 Å². The maximum absolute atomic E-state index is 13.5. The lowest BCUT2D eigenvalue weighted by atomic mass is 9.84. The predicted molar refractivity (Wildman–Crippen MR) is 107 cm³/mol. The van der Waals surface area contributed by atoms with E-state index in [2.05, 4.69) is 6.07 Å². The summed E-state index contributed by atoms with van der Waals surface area (Å²) in [5.74, 6) is -0.232. The van der Waals surface area contributed by atoms with Crippen molar-refractivity contribution in [3.8, 4) is 11.8 Å². The molecule has 146 valence electrons. The average molecular weight is 400 g/mol. The number of aromatic nitrogens is 1. The lowest BCUT2D eigenvalue weighted by molar-refractivity contribution is 0.185. The Hall–Kier alpha value is -2.75. The smallest absolute Gasteiger partial charge is 0.258 e. The predicted octanol–water partition coefficient (Wildman–Crippen LogP) is 3.32. The molecule has 2 N–H and O–H groups in total. The average Bonchev–Trinajstić information content (AvgIpc) is 2.67. The lowest BCUT2D eigenvalue weighted by Crippen LogP contribution is -2.34. The van der Waals surface area contributed by atoms with E-state index in [0.29, 0.717) is 35.9 Å². The molecule has 1 aliphatic rings. The first-order chi connectivity index (χ1) is 13.5. The maximum Gasteiger partial charge on any atom is 0.258 e. The Morgan fingerprint density at radius 2 is 2.18 bits per heavy atom. The monoisotopic (exact) mass is 399 g/mol. The highest BCUT2D eigenvalue weighted by molar-refractivity contribution is 6.30. The van der Waals surface area contributed by atoms with Gasteiger partial charge in [0, 0.05) is 30.4 Å². The van der Waals surface area contributed by atoms with E-state index >= 15 is 0 Å². The summed E-state index contributed by atoms with van der Waals surface area (Å²) in [5, 5.41) is 10.2. The molecule has 1 aliphatic heterocycles. The fraction of sp³-hybridized carbons (Fsp3) is 0.333. The molecular formula is C21H22ClN3O3. The number of hydrogen-bond donors (Lipinski definition) is 1. The molecule has 0 spiro atoms. The molecule has 0 fully saturated rings. The number of fused-ring (bicyclic) bond motifs is 1. The summed E-state index contributed by atoms with van der Waals surface area (Å²) in [7, 11) is 1.60. The standard InChI is InChI=1S/C21H22ClN3O3/c1-3-5-15-11-17-19(21(26)25(15)8-9-27-2)18(16(12-23)20(24)28-17)13-6-4-7-14(22)10-13/h4,6-7,10-11,18H,3,5,8-9,24H2,1-2H3. The second kappa shape index (κ2) is 8.51. The Balaban J connectivity index is 2.28. The highest BCUT2D eigenvalue weighted by Crippen LogP contribution is 2.41. The maximum atomic E-state index is 13.5. The van der Waals surface area contributed by atoms with Crippen molar-refractivity contribution in [3.63, 3.8) is 0 Å². The highest BCUT2D eigenvalue weighted by Gasteiger charge is 2.34. The number of hydrogen-bond acceptors (Lipinski definition) is 5. The van der Waals surface area contributed by atoms with Crippen molar-refractivity contribution in [1.29, 1.82) is 5.26 Å². The van der Waals surface area contributed by atoms with Gasteiger partial charge < -0.3 is 19.8 Å². The van der Waals surface area contributed by atoms with Crippen LogP contribution in [0.2, 0.25) is 5.02 Å². The summed E-state index contributed by atoms with van der Waals surface area (Å²) in [6.45, 7) is 2.87. The fourth-order valence-corrected chi connectivity index (χ4v) is 3.73. The molecule has 0 bridgehead atoms. The van der Waals surface area contributed by atoms with Crippen LogP contribution in [0, 0.1) is 11.3 Å².